The van der Waals surface area contributed by atoms with Crippen LogP contribution in [0.2, 0.25) is 0 Å². The van der Waals surface area contributed by atoms with Gasteiger partial charge in [-0.2, -0.15) is 0 Å². The van der Waals surface area contributed by atoms with Gasteiger partial charge in [-0.25, -0.2) is 0 Å². The predicted octanol–water partition coefficient (Wildman–Crippen LogP) is 5.76. The molecule has 2 aromatic rings. The Kier molecular flexibility index (Phi) is 6.08. The Morgan fingerprint density at radius 2 is 1.71 bits per heavy atom. The molecule has 126 valence electrons. The topological polar surface area (TPSA) is 12.5 Å². The van der Waals surface area contributed by atoms with Gasteiger partial charge in [-0.05, 0) is 55.6 Å². The Labute approximate surface area is 145 Å². The molecule has 1 aliphatic heterocycles. The molecule has 2 nitrogen and oxygen atoms in total. The minimum Gasteiger partial charge on any atom is -0.457 e. The highest BCUT2D eigenvalue weighted by atomic mass is 16.5. The van der Waals surface area contributed by atoms with Crippen LogP contribution in [0.5, 0.6) is 11.5 Å². The molecule has 0 N–H and O–H groups in total. The Morgan fingerprint density at radius 3 is 2.46 bits per heavy atom. The van der Waals surface area contributed by atoms with Crippen LogP contribution in [0.25, 0.3) is 6.08 Å². The summed E-state index contributed by atoms with van der Waals surface area (Å²) in [5, 5.41) is 0. The van der Waals surface area contributed by atoms with E-state index in [1.165, 1.54) is 50.9 Å². The highest BCUT2D eigenvalue weighted by molar-refractivity contribution is 5.55. The number of benzene rings is 2. The third-order valence-electron chi connectivity index (χ3n) is 4.53. The number of hydrogen-bond acceptors (Lipinski definition) is 2. The van der Waals surface area contributed by atoms with E-state index in [2.05, 4.69) is 36.1 Å². The molecule has 0 atom stereocenters. The molecule has 1 heterocycles. The van der Waals surface area contributed by atoms with Crippen molar-refractivity contribution in [2.75, 3.05) is 19.6 Å². The third kappa shape index (κ3) is 4.97. The number of para-hydroxylation sites is 1. The molecule has 2 aromatic carbocycles. The zero-order valence-corrected chi connectivity index (χ0v) is 14.6. The van der Waals surface area contributed by atoms with Gasteiger partial charge >= 0.3 is 0 Å². The maximum Gasteiger partial charge on any atom is 0.128 e. The summed E-state index contributed by atoms with van der Waals surface area (Å²) in [6.07, 6.45) is 7.32. The van der Waals surface area contributed by atoms with E-state index in [-0.39, 0.29) is 0 Å². The van der Waals surface area contributed by atoms with Crippen LogP contribution in [-0.4, -0.2) is 24.5 Å². The van der Waals surface area contributed by atoms with Crippen molar-refractivity contribution in [2.45, 2.75) is 32.6 Å². The number of rotatable bonds is 6. The fraction of sp³-hybridized carbons (Fsp3) is 0.364. The fourth-order valence-electron chi connectivity index (χ4n) is 3.12. The molecule has 2 heteroatoms. The molecule has 1 saturated heterocycles. The van der Waals surface area contributed by atoms with Crippen LogP contribution in [0.3, 0.4) is 0 Å². The zero-order valence-electron chi connectivity index (χ0n) is 14.6. The van der Waals surface area contributed by atoms with Crippen molar-refractivity contribution < 1.29 is 4.74 Å². The van der Waals surface area contributed by atoms with Crippen LogP contribution >= 0.6 is 0 Å². The molecule has 3 rings (SSSR count). The van der Waals surface area contributed by atoms with Crippen LogP contribution in [0, 0.1) is 0 Å². The summed E-state index contributed by atoms with van der Waals surface area (Å²) in [7, 11) is 0. The summed E-state index contributed by atoms with van der Waals surface area (Å²) >= 11 is 0. The Morgan fingerprint density at radius 1 is 0.958 bits per heavy atom. The maximum absolute atomic E-state index is 5.93. The van der Waals surface area contributed by atoms with Gasteiger partial charge in [0, 0.05) is 13.1 Å². The van der Waals surface area contributed by atoms with Crippen molar-refractivity contribution in [2.24, 2.45) is 0 Å². The molecule has 0 spiro atoms. The molecule has 0 radical (unpaired) electrons. The largest absolute Gasteiger partial charge is 0.457 e. The smallest absolute Gasteiger partial charge is 0.128 e. The van der Waals surface area contributed by atoms with Crippen molar-refractivity contribution >= 4 is 6.08 Å². The van der Waals surface area contributed by atoms with Crippen molar-refractivity contribution in [1.82, 2.24) is 4.90 Å². The van der Waals surface area contributed by atoms with Crippen molar-refractivity contribution in [1.29, 1.82) is 0 Å². The number of ether oxygens (including phenoxy) is 1. The van der Waals surface area contributed by atoms with Gasteiger partial charge in [0.1, 0.15) is 11.5 Å². The second-order valence-corrected chi connectivity index (χ2v) is 6.49. The standard InChI is InChI=1S/C22H27NO/c1-2-3-14-23-15-12-19(13-16-23)17-20-8-7-11-22(18-20)24-21-9-5-4-6-10-21/h4-11,17-18H,2-3,12-16H2,1H3. The molecular weight excluding hydrogens is 294 g/mol. The second-order valence-electron chi connectivity index (χ2n) is 6.49. The number of hydrogen-bond donors (Lipinski definition) is 0. The first-order chi connectivity index (χ1) is 11.8. The fourth-order valence-corrected chi connectivity index (χ4v) is 3.12. The lowest BCUT2D eigenvalue weighted by Crippen LogP contribution is -2.31. The van der Waals surface area contributed by atoms with Crippen LogP contribution < -0.4 is 4.74 Å². The lowest BCUT2D eigenvalue weighted by atomic mass is 10.0. The first-order valence-electron chi connectivity index (χ1n) is 9.08. The Balaban J connectivity index is 1.60. The van der Waals surface area contributed by atoms with E-state index >= 15 is 0 Å². The zero-order chi connectivity index (χ0) is 16.6. The molecule has 0 saturated carbocycles. The number of piperidine rings is 1. The van der Waals surface area contributed by atoms with Crippen LogP contribution in [0.1, 0.15) is 38.2 Å². The van der Waals surface area contributed by atoms with E-state index in [4.69, 9.17) is 4.74 Å². The first-order valence-corrected chi connectivity index (χ1v) is 9.08. The predicted molar refractivity (Wildman–Crippen MR) is 102 cm³/mol. The molecule has 1 fully saturated rings. The van der Waals surface area contributed by atoms with Gasteiger partial charge in [-0.3, -0.25) is 0 Å². The Hall–Kier alpha value is -2.06. The van der Waals surface area contributed by atoms with Gasteiger partial charge in [0.2, 0.25) is 0 Å². The summed E-state index contributed by atoms with van der Waals surface area (Å²) in [6.45, 7) is 5.92. The molecule has 0 amide bonds. The van der Waals surface area contributed by atoms with Gasteiger partial charge in [-0.1, -0.05) is 55.3 Å². The van der Waals surface area contributed by atoms with Crippen molar-refractivity contribution in [3.63, 3.8) is 0 Å². The van der Waals surface area contributed by atoms with E-state index in [9.17, 15) is 0 Å². The molecular formula is C22H27NO. The van der Waals surface area contributed by atoms with Gasteiger partial charge in [0.05, 0.1) is 0 Å². The highest BCUT2D eigenvalue weighted by Gasteiger charge is 2.13. The normalized spacial score (nSPS) is 15.3. The first kappa shape index (κ1) is 16.8. The lowest BCUT2D eigenvalue weighted by molar-refractivity contribution is 0.253. The second kappa shape index (κ2) is 8.70. The number of nitrogens with zero attached hydrogens (tertiary/aromatic N) is 1. The quantitative estimate of drug-likeness (QED) is 0.671. The van der Waals surface area contributed by atoms with E-state index < -0.39 is 0 Å². The summed E-state index contributed by atoms with van der Waals surface area (Å²) in [4.78, 5) is 2.59. The highest BCUT2D eigenvalue weighted by Crippen LogP contribution is 2.25. The molecule has 0 aliphatic carbocycles. The van der Waals surface area contributed by atoms with Gasteiger partial charge in [-0.15, -0.1) is 0 Å². The van der Waals surface area contributed by atoms with Crippen LogP contribution in [-0.2, 0) is 0 Å². The minimum atomic E-state index is 0.881. The number of likely N-dealkylation sites (tertiary alicyclic amines) is 1. The molecule has 0 bridgehead atoms. The summed E-state index contributed by atoms with van der Waals surface area (Å²) in [6, 6.07) is 18.3. The van der Waals surface area contributed by atoms with Gasteiger partial charge < -0.3 is 9.64 Å². The molecule has 24 heavy (non-hydrogen) atoms. The Bertz CT molecular complexity index is 653. The van der Waals surface area contributed by atoms with Gasteiger partial charge in [0.15, 0.2) is 0 Å². The van der Waals surface area contributed by atoms with Crippen LogP contribution in [0.15, 0.2) is 60.2 Å². The molecule has 0 aromatic heterocycles. The minimum absolute atomic E-state index is 0.881. The summed E-state index contributed by atoms with van der Waals surface area (Å²) in [5.74, 6) is 1.78. The lowest BCUT2D eigenvalue weighted by Gasteiger charge is -2.28. The van der Waals surface area contributed by atoms with E-state index in [1.807, 2.05) is 36.4 Å². The van der Waals surface area contributed by atoms with E-state index in [0.29, 0.717) is 0 Å². The average Bonchev–Trinajstić information content (AvgIpc) is 2.62. The van der Waals surface area contributed by atoms with E-state index in [1.54, 1.807) is 5.57 Å². The SMILES string of the molecule is CCCCN1CCC(=Cc2cccc(Oc3ccccc3)c2)CC1. The average molecular weight is 321 g/mol. The monoisotopic (exact) mass is 321 g/mol. The van der Waals surface area contributed by atoms with Crippen molar-refractivity contribution in [3.05, 3.63) is 65.7 Å². The molecule has 0 unspecified atom stereocenters. The maximum atomic E-state index is 5.93. The molecule has 1 aliphatic rings. The van der Waals surface area contributed by atoms with E-state index in [0.717, 1.165) is 11.5 Å². The van der Waals surface area contributed by atoms with Crippen LogP contribution in [0.4, 0.5) is 0 Å². The number of unbranched alkanes of at least 4 members (excludes halogenated alkanes) is 1. The third-order valence-corrected chi connectivity index (χ3v) is 4.53. The van der Waals surface area contributed by atoms with Crippen molar-refractivity contribution in [3.8, 4) is 11.5 Å². The summed E-state index contributed by atoms with van der Waals surface area (Å²) < 4.78 is 5.93. The van der Waals surface area contributed by atoms with Gasteiger partial charge in [0.25, 0.3) is 0 Å². The summed E-state index contributed by atoms with van der Waals surface area (Å²) in [5.41, 5.74) is 2.79.